The Morgan fingerprint density at radius 1 is 1.38 bits per heavy atom. The van der Waals surface area contributed by atoms with Crippen LogP contribution in [0.2, 0.25) is 0 Å². The quantitative estimate of drug-likeness (QED) is 0.845. The molecule has 1 N–H and O–H groups in total. The van der Waals surface area contributed by atoms with Gasteiger partial charge in [0.1, 0.15) is 4.88 Å². The minimum Gasteiger partial charge on any atom is -0.365 e. The van der Waals surface area contributed by atoms with E-state index in [0.29, 0.717) is 0 Å². The standard InChI is InChI=1S/C20H28N4OS/c1-15-18(26-20(21-2)22-15)19(25)23(3)17-10-7-12-24(14-17)13-11-16-8-5-4-6-9-16/h4-6,8-9,17H,7,10-14H2,1-3H3,(H,21,22)/t17-/m0/s1. The third kappa shape index (κ3) is 4.43. The molecule has 1 aromatic heterocycles. The number of hydrogen-bond acceptors (Lipinski definition) is 5. The van der Waals surface area contributed by atoms with Crippen molar-refractivity contribution in [1.82, 2.24) is 14.8 Å². The summed E-state index contributed by atoms with van der Waals surface area (Å²) >= 11 is 1.44. The largest absolute Gasteiger partial charge is 0.365 e. The van der Waals surface area contributed by atoms with Crippen molar-refractivity contribution in [3.63, 3.8) is 0 Å². The second kappa shape index (κ2) is 8.64. The van der Waals surface area contributed by atoms with E-state index in [1.807, 2.05) is 25.9 Å². The summed E-state index contributed by atoms with van der Waals surface area (Å²) in [4.78, 5) is 22.5. The molecule has 6 heteroatoms. The molecule has 3 rings (SSSR count). The molecular weight excluding hydrogens is 344 g/mol. The highest BCUT2D eigenvalue weighted by molar-refractivity contribution is 7.17. The van der Waals surface area contributed by atoms with Crippen molar-refractivity contribution in [2.45, 2.75) is 32.2 Å². The lowest BCUT2D eigenvalue weighted by atomic mass is 10.0. The number of nitrogens with one attached hydrogen (secondary N) is 1. The first-order valence-corrected chi connectivity index (χ1v) is 10.1. The molecule has 0 unspecified atom stereocenters. The molecule has 1 aromatic carbocycles. The summed E-state index contributed by atoms with van der Waals surface area (Å²) in [6.45, 7) is 5.03. The number of hydrogen-bond donors (Lipinski definition) is 1. The number of thiazole rings is 1. The highest BCUT2D eigenvalue weighted by atomic mass is 32.1. The summed E-state index contributed by atoms with van der Waals surface area (Å²) in [5, 5.41) is 3.83. The van der Waals surface area contributed by atoms with Gasteiger partial charge in [-0.3, -0.25) is 4.79 Å². The number of aryl methyl sites for hydroxylation is 1. The zero-order chi connectivity index (χ0) is 18.5. The Kier molecular flexibility index (Phi) is 6.27. The van der Waals surface area contributed by atoms with Crippen molar-refractivity contribution < 1.29 is 4.79 Å². The maximum atomic E-state index is 12.9. The number of amides is 1. The van der Waals surface area contributed by atoms with E-state index in [1.54, 1.807) is 0 Å². The molecule has 0 bridgehead atoms. The van der Waals surface area contributed by atoms with Gasteiger partial charge in [-0.15, -0.1) is 0 Å². The van der Waals surface area contributed by atoms with Crippen LogP contribution in [-0.2, 0) is 6.42 Å². The van der Waals surface area contributed by atoms with Gasteiger partial charge in [0.15, 0.2) is 5.13 Å². The lowest BCUT2D eigenvalue weighted by Gasteiger charge is -2.37. The number of likely N-dealkylation sites (tertiary alicyclic amines) is 1. The predicted molar refractivity (Wildman–Crippen MR) is 108 cm³/mol. The van der Waals surface area contributed by atoms with Crippen LogP contribution in [0.4, 0.5) is 5.13 Å². The molecule has 1 amide bonds. The number of piperidine rings is 1. The Hall–Kier alpha value is -1.92. The predicted octanol–water partition coefficient (Wildman–Crippen LogP) is 3.27. The van der Waals surface area contributed by atoms with Crippen molar-refractivity contribution in [3.8, 4) is 0 Å². The molecule has 1 aliphatic heterocycles. The number of anilines is 1. The van der Waals surface area contributed by atoms with Gasteiger partial charge in [0.2, 0.25) is 0 Å². The summed E-state index contributed by atoms with van der Waals surface area (Å²) in [5.74, 6) is 0.0939. The third-order valence-electron chi connectivity index (χ3n) is 5.11. The fraction of sp³-hybridized carbons (Fsp3) is 0.500. The number of rotatable bonds is 6. The van der Waals surface area contributed by atoms with Gasteiger partial charge < -0.3 is 15.1 Å². The van der Waals surface area contributed by atoms with Crippen LogP contribution in [-0.4, -0.2) is 60.5 Å². The van der Waals surface area contributed by atoms with Gasteiger partial charge >= 0.3 is 0 Å². The lowest BCUT2D eigenvalue weighted by Crippen LogP contribution is -2.48. The van der Waals surface area contributed by atoms with Crippen molar-refractivity contribution in [2.75, 3.05) is 39.0 Å². The summed E-state index contributed by atoms with van der Waals surface area (Å²) < 4.78 is 0. The summed E-state index contributed by atoms with van der Waals surface area (Å²) in [6, 6.07) is 10.9. The van der Waals surface area contributed by atoms with Gasteiger partial charge in [-0.05, 0) is 38.3 Å². The normalized spacial score (nSPS) is 17.9. The van der Waals surface area contributed by atoms with Crippen LogP contribution < -0.4 is 5.32 Å². The average Bonchev–Trinajstić information content (AvgIpc) is 3.07. The molecule has 1 aliphatic rings. The van der Waals surface area contributed by atoms with Crippen LogP contribution in [0.25, 0.3) is 0 Å². The summed E-state index contributed by atoms with van der Waals surface area (Å²) in [5.41, 5.74) is 2.19. The third-order valence-corrected chi connectivity index (χ3v) is 6.28. The maximum Gasteiger partial charge on any atom is 0.265 e. The van der Waals surface area contributed by atoms with E-state index in [2.05, 4.69) is 45.5 Å². The first-order valence-electron chi connectivity index (χ1n) is 9.27. The van der Waals surface area contributed by atoms with Crippen molar-refractivity contribution in [3.05, 3.63) is 46.5 Å². The van der Waals surface area contributed by atoms with E-state index >= 15 is 0 Å². The molecule has 2 aromatic rings. The molecule has 2 heterocycles. The average molecular weight is 373 g/mol. The highest BCUT2D eigenvalue weighted by Gasteiger charge is 2.28. The molecule has 5 nitrogen and oxygen atoms in total. The fourth-order valence-electron chi connectivity index (χ4n) is 3.51. The number of aromatic nitrogens is 1. The van der Waals surface area contributed by atoms with Crippen LogP contribution in [0.5, 0.6) is 0 Å². The summed E-state index contributed by atoms with van der Waals surface area (Å²) in [7, 11) is 3.77. The van der Waals surface area contributed by atoms with E-state index in [9.17, 15) is 4.79 Å². The highest BCUT2D eigenvalue weighted by Crippen LogP contribution is 2.25. The molecular formula is C20H28N4OS. The lowest BCUT2D eigenvalue weighted by molar-refractivity contribution is 0.0623. The molecule has 0 saturated carbocycles. The topological polar surface area (TPSA) is 48.5 Å². The van der Waals surface area contributed by atoms with Crippen LogP contribution in [0, 0.1) is 6.92 Å². The first-order chi connectivity index (χ1) is 12.6. The molecule has 1 atom stereocenters. The Labute approximate surface area is 160 Å². The van der Waals surface area contributed by atoms with Crippen LogP contribution in [0.1, 0.15) is 33.8 Å². The molecule has 1 fully saturated rings. The minimum absolute atomic E-state index is 0.0939. The van der Waals surface area contributed by atoms with Crippen molar-refractivity contribution >= 4 is 22.4 Å². The van der Waals surface area contributed by atoms with Crippen molar-refractivity contribution in [1.29, 1.82) is 0 Å². The SMILES string of the molecule is CNc1nc(C)c(C(=O)N(C)[C@H]2CCCN(CCc3ccccc3)C2)s1. The number of carbonyl (C=O) groups excluding carboxylic acids is 1. The Balaban J connectivity index is 1.59. The maximum absolute atomic E-state index is 12.9. The van der Waals surface area contributed by atoms with E-state index in [-0.39, 0.29) is 11.9 Å². The van der Waals surface area contributed by atoms with Gasteiger partial charge in [0.25, 0.3) is 5.91 Å². The second-order valence-electron chi connectivity index (χ2n) is 6.93. The zero-order valence-electron chi connectivity index (χ0n) is 15.9. The Morgan fingerprint density at radius 3 is 2.85 bits per heavy atom. The number of nitrogens with zero attached hydrogens (tertiary/aromatic N) is 3. The van der Waals surface area contributed by atoms with Gasteiger partial charge in [-0.25, -0.2) is 4.98 Å². The van der Waals surface area contributed by atoms with Gasteiger partial charge in [-0.2, -0.15) is 0 Å². The molecule has 0 radical (unpaired) electrons. The van der Waals surface area contributed by atoms with Gasteiger partial charge in [0, 0.05) is 33.2 Å². The molecule has 140 valence electrons. The molecule has 0 spiro atoms. The minimum atomic E-state index is 0.0939. The van der Waals surface area contributed by atoms with Crippen LogP contribution in [0.3, 0.4) is 0 Å². The van der Waals surface area contributed by atoms with Gasteiger partial charge in [-0.1, -0.05) is 41.7 Å². The molecule has 1 saturated heterocycles. The van der Waals surface area contributed by atoms with E-state index < -0.39 is 0 Å². The summed E-state index contributed by atoms with van der Waals surface area (Å²) in [6.07, 6.45) is 3.27. The van der Waals surface area contributed by atoms with Crippen molar-refractivity contribution in [2.24, 2.45) is 0 Å². The first kappa shape index (κ1) is 18.9. The zero-order valence-corrected chi connectivity index (χ0v) is 16.7. The number of benzene rings is 1. The van der Waals surface area contributed by atoms with E-state index in [1.165, 1.54) is 16.9 Å². The monoisotopic (exact) mass is 372 g/mol. The van der Waals surface area contributed by atoms with E-state index in [4.69, 9.17) is 0 Å². The Bertz CT molecular complexity index is 731. The van der Waals surface area contributed by atoms with Crippen LogP contribution in [0.15, 0.2) is 30.3 Å². The molecule has 26 heavy (non-hydrogen) atoms. The fourth-order valence-corrected chi connectivity index (χ4v) is 4.41. The Morgan fingerprint density at radius 2 is 2.15 bits per heavy atom. The van der Waals surface area contributed by atoms with Crippen LogP contribution >= 0.6 is 11.3 Å². The number of carbonyl (C=O) groups is 1. The van der Waals surface area contributed by atoms with Gasteiger partial charge in [0.05, 0.1) is 5.69 Å². The molecule has 0 aliphatic carbocycles. The number of likely N-dealkylation sites (N-methyl/N-ethyl adjacent to an activating group) is 1. The smallest absolute Gasteiger partial charge is 0.265 e. The van der Waals surface area contributed by atoms with E-state index in [0.717, 1.165) is 54.6 Å². The second-order valence-corrected chi connectivity index (χ2v) is 7.93.